The molecule has 11 heteroatoms. The zero-order valence-electron chi connectivity index (χ0n) is 23.7. The molecule has 0 aromatic carbocycles. The number of fused-ring (bicyclic) bond motifs is 1. The number of piperidine rings is 1. The molecule has 4 heterocycles. The van der Waals surface area contributed by atoms with E-state index in [4.69, 9.17) is 14.7 Å². The third-order valence-electron chi connectivity index (χ3n) is 9.45. The number of aromatic nitrogens is 2. The van der Waals surface area contributed by atoms with Gasteiger partial charge >= 0.3 is 6.01 Å². The van der Waals surface area contributed by atoms with E-state index in [0.29, 0.717) is 31.7 Å². The molecule has 10 nitrogen and oxygen atoms in total. The van der Waals surface area contributed by atoms with E-state index >= 15 is 0 Å². The minimum absolute atomic E-state index is 0.0932. The molecule has 3 aliphatic heterocycles. The van der Waals surface area contributed by atoms with Gasteiger partial charge in [0.2, 0.25) is 5.91 Å². The predicted molar refractivity (Wildman–Crippen MR) is 147 cm³/mol. The summed E-state index contributed by atoms with van der Waals surface area (Å²) in [5.74, 6) is -0.841. The lowest BCUT2D eigenvalue weighted by atomic mass is 9.67. The molecule has 4 aliphatic rings. The maximum atomic E-state index is 13.7. The first-order chi connectivity index (χ1) is 19.2. The summed E-state index contributed by atoms with van der Waals surface area (Å²) in [5, 5.41) is 9.44. The van der Waals surface area contributed by atoms with Crippen LogP contribution in [0.2, 0.25) is 0 Å². The summed E-state index contributed by atoms with van der Waals surface area (Å²) in [5.41, 5.74) is 2.19. The molecule has 1 spiro atoms. The fourth-order valence-corrected chi connectivity index (χ4v) is 6.89. The van der Waals surface area contributed by atoms with Gasteiger partial charge in [0.25, 0.3) is 5.91 Å². The van der Waals surface area contributed by atoms with Gasteiger partial charge in [0, 0.05) is 51.3 Å². The minimum Gasteiger partial charge on any atom is -0.462 e. The van der Waals surface area contributed by atoms with Crippen LogP contribution in [0.1, 0.15) is 56.7 Å². The number of halogens is 1. The molecular weight excluding hydrogens is 513 g/mol. The summed E-state index contributed by atoms with van der Waals surface area (Å²) in [6, 6.07) is 2.37. The van der Waals surface area contributed by atoms with E-state index in [2.05, 4.69) is 29.5 Å². The van der Waals surface area contributed by atoms with Crippen LogP contribution >= 0.6 is 0 Å². The number of carbonyl (C=O) groups is 2. The molecular formula is C29H40FN7O3. The maximum Gasteiger partial charge on any atom is 0.318 e. The highest BCUT2D eigenvalue weighted by atomic mass is 19.1. The van der Waals surface area contributed by atoms with Crippen molar-refractivity contribution in [1.29, 1.82) is 5.26 Å². The number of likely N-dealkylation sites (N-methyl/N-ethyl adjacent to an activating group) is 1. The first kappa shape index (κ1) is 28.3. The van der Waals surface area contributed by atoms with E-state index < -0.39 is 17.8 Å². The summed E-state index contributed by atoms with van der Waals surface area (Å²) < 4.78 is 20.0. The number of hydrogen-bond donors (Lipinski definition) is 0. The van der Waals surface area contributed by atoms with E-state index in [1.54, 1.807) is 6.92 Å². The second-order valence-electron chi connectivity index (χ2n) is 11.9. The second kappa shape index (κ2) is 11.7. The van der Waals surface area contributed by atoms with Crippen LogP contribution in [0.5, 0.6) is 6.01 Å². The Kier molecular flexibility index (Phi) is 8.26. The SMILES string of the molecule is C=C(F)C(=O)N1CCN(c2nc(OC[C@@H]3CCCN3C)nc3c2CCC2(CCN(C(C)=O)CC2)C3)C[C@@H]1CC#N. The highest BCUT2D eigenvalue weighted by Crippen LogP contribution is 2.45. The van der Waals surface area contributed by atoms with Crippen molar-refractivity contribution in [3.63, 3.8) is 0 Å². The zero-order chi connectivity index (χ0) is 28.4. The van der Waals surface area contributed by atoms with Gasteiger partial charge in [0.15, 0.2) is 5.83 Å². The average Bonchev–Trinajstić information content (AvgIpc) is 3.35. The molecule has 2 atom stereocenters. The lowest BCUT2D eigenvalue weighted by molar-refractivity contribution is -0.132. The van der Waals surface area contributed by atoms with Crippen LogP contribution < -0.4 is 9.64 Å². The quantitative estimate of drug-likeness (QED) is 0.495. The molecule has 2 amide bonds. The molecule has 1 aromatic rings. The summed E-state index contributed by atoms with van der Waals surface area (Å²) in [4.78, 5) is 42.0. The Labute approximate surface area is 235 Å². The van der Waals surface area contributed by atoms with Crippen LogP contribution in [0, 0.1) is 16.7 Å². The number of piperazine rings is 1. The third-order valence-corrected chi connectivity index (χ3v) is 9.45. The summed E-state index contributed by atoms with van der Waals surface area (Å²) >= 11 is 0. The first-order valence-corrected chi connectivity index (χ1v) is 14.5. The second-order valence-corrected chi connectivity index (χ2v) is 11.9. The highest BCUT2D eigenvalue weighted by Gasteiger charge is 2.41. The molecule has 1 aromatic heterocycles. The molecule has 0 N–H and O–H groups in total. The lowest BCUT2D eigenvalue weighted by Gasteiger charge is -2.45. The molecule has 3 fully saturated rings. The summed E-state index contributed by atoms with van der Waals surface area (Å²) in [7, 11) is 2.11. The van der Waals surface area contributed by atoms with E-state index in [0.717, 1.165) is 81.7 Å². The summed E-state index contributed by atoms with van der Waals surface area (Å²) in [6.07, 6.45) is 6.85. The number of nitriles is 1. The standard InChI is InChI=1S/C29H40FN7O3/c1-20(30)27(39)37-16-15-36(18-22(37)7-11-31)26-24-6-8-29(9-13-35(14-10-29)21(2)38)17-25(24)32-28(33-26)40-19-23-5-4-12-34(23)3/h22-23H,1,4-10,12-19H2,2-3H3/t22-,23-/m0/s1. The first-order valence-electron chi connectivity index (χ1n) is 14.5. The Balaban J connectivity index is 1.42. The van der Waals surface area contributed by atoms with E-state index in [1.807, 2.05) is 4.90 Å². The van der Waals surface area contributed by atoms with Gasteiger partial charge < -0.3 is 24.3 Å². The van der Waals surface area contributed by atoms with Crippen molar-refractivity contribution in [2.75, 3.05) is 57.8 Å². The molecule has 216 valence electrons. The molecule has 5 rings (SSSR count). The van der Waals surface area contributed by atoms with Gasteiger partial charge in [-0.25, -0.2) is 4.39 Å². The van der Waals surface area contributed by atoms with Gasteiger partial charge in [-0.05, 0) is 64.0 Å². The minimum atomic E-state index is -1.01. The number of amides is 2. The van der Waals surface area contributed by atoms with E-state index in [-0.39, 0.29) is 24.3 Å². The van der Waals surface area contributed by atoms with Crippen LogP contribution in [0.4, 0.5) is 10.2 Å². The number of nitrogens with zero attached hydrogens (tertiary/aromatic N) is 7. The molecule has 1 aliphatic carbocycles. The molecule has 0 unspecified atom stereocenters. The van der Waals surface area contributed by atoms with Gasteiger partial charge in [0.1, 0.15) is 12.4 Å². The smallest absolute Gasteiger partial charge is 0.318 e. The Morgan fingerprint density at radius 2 is 1.93 bits per heavy atom. The van der Waals surface area contributed by atoms with Gasteiger partial charge in [-0.3, -0.25) is 9.59 Å². The van der Waals surface area contributed by atoms with Crippen LogP contribution in [0.25, 0.3) is 0 Å². The molecule has 0 radical (unpaired) electrons. The van der Waals surface area contributed by atoms with Crippen LogP contribution in [0.3, 0.4) is 0 Å². The normalized spacial score (nSPS) is 24.5. The van der Waals surface area contributed by atoms with Crippen molar-refractivity contribution in [3.05, 3.63) is 23.7 Å². The number of hydrogen-bond acceptors (Lipinski definition) is 8. The van der Waals surface area contributed by atoms with Gasteiger partial charge in [-0.15, -0.1) is 0 Å². The van der Waals surface area contributed by atoms with Gasteiger partial charge in [-0.1, -0.05) is 6.58 Å². The monoisotopic (exact) mass is 553 g/mol. The number of ether oxygens (including phenoxy) is 1. The number of anilines is 1. The predicted octanol–water partition coefficient (Wildman–Crippen LogP) is 2.48. The van der Waals surface area contributed by atoms with Crippen molar-refractivity contribution < 1.29 is 18.7 Å². The van der Waals surface area contributed by atoms with Gasteiger partial charge in [0.05, 0.1) is 24.2 Å². The number of carbonyl (C=O) groups excluding carboxylic acids is 2. The Bertz CT molecular complexity index is 1190. The molecule has 40 heavy (non-hydrogen) atoms. The number of rotatable bonds is 6. The van der Waals surface area contributed by atoms with Crippen molar-refractivity contribution >= 4 is 17.6 Å². The Morgan fingerprint density at radius 1 is 1.15 bits per heavy atom. The largest absolute Gasteiger partial charge is 0.462 e. The lowest BCUT2D eigenvalue weighted by Crippen LogP contribution is -2.55. The van der Waals surface area contributed by atoms with Crippen LogP contribution in [-0.2, 0) is 22.4 Å². The zero-order valence-corrected chi connectivity index (χ0v) is 23.7. The van der Waals surface area contributed by atoms with Crippen molar-refractivity contribution in [2.45, 2.75) is 70.4 Å². The Morgan fingerprint density at radius 3 is 2.58 bits per heavy atom. The topological polar surface area (TPSA) is 106 Å². The summed E-state index contributed by atoms with van der Waals surface area (Å²) in [6.45, 7) is 9.03. The van der Waals surface area contributed by atoms with Crippen LogP contribution in [-0.4, -0.2) is 101 Å². The number of likely N-dealkylation sites (tertiary alicyclic amines) is 2. The Hall–Kier alpha value is -3.26. The van der Waals surface area contributed by atoms with Crippen LogP contribution in [0.15, 0.2) is 12.4 Å². The van der Waals surface area contributed by atoms with E-state index in [1.165, 1.54) is 4.90 Å². The third kappa shape index (κ3) is 5.78. The fraction of sp³-hybridized carbons (Fsp3) is 0.690. The van der Waals surface area contributed by atoms with Crippen molar-refractivity contribution in [3.8, 4) is 12.1 Å². The van der Waals surface area contributed by atoms with E-state index in [9.17, 15) is 19.2 Å². The van der Waals surface area contributed by atoms with Crippen molar-refractivity contribution in [1.82, 2.24) is 24.7 Å². The molecule has 0 bridgehead atoms. The average molecular weight is 554 g/mol. The fourth-order valence-electron chi connectivity index (χ4n) is 6.89. The highest BCUT2D eigenvalue weighted by molar-refractivity contribution is 5.91. The van der Waals surface area contributed by atoms with Crippen molar-refractivity contribution in [2.24, 2.45) is 5.41 Å². The molecule has 3 saturated heterocycles. The van der Waals surface area contributed by atoms with Gasteiger partial charge in [-0.2, -0.15) is 15.2 Å². The maximum absolute atomic E-state index is 13.7. The molecule has 0 saturated carbocycles.